The number of rotatable bonds is 4. The Morgan fingerprint density at radius 2 is 2.09 bits per heavy atom. The van der Waals surface area contributed by atoms with Crippen molar-refractivity contribution >= 4 is 23.3 Å². The van der Waals surface area contributed by atoms with Gasteiger partial charge in [-0.1, -0.05) is 25.1 Å². The van der Waals surface area contributed by atoms with Crippen molar-refractivity contribution in [2.24, 2.45) is 17.8 Å². The first-order valence-electron chi connectivity index (χ1n) is 11.1. The lowest BCUT2D eigenvalue weighted by molar-refractivity contribution is -0.147. The lowest BCUT2D eigenvalue weighted by Crippen LogP contribution is -2.55. The molecule has 1 spiro atoms. The van der Waals surface area contributed by atoms with Crippen LogP contribution in [0.5, 0.6) is 5.75 Å². The van der Waals surface area contributed by atoms with Crippen molar-refractivity contribution in [2.45, 2.75) is 37.1 Å². The largest absolute Gasteiger partial charge is 0.497 e. The van der Waals surface area contributed by atoms with Gasteiger partial charge in [-0.3, -0.25) is 14.4 Å². The molecule has 1 N–H and O–H groups in total. The number of hydrogen-bond donors (Lipinski definition) is 1. The molecule has 170 valence electrons. The van der Waals surface area contributed by atoms with Crippen LogP contribution in [-0.4, -0.2) is 47.4 Å². The van der Waals surface area contributed by atoms with Crippen LogP contribution in [0.4, 0.5) is 5.69 Å². The first-order valence-corrected chi connectivity index (χ1v) is 11.1. The lowest BCUT2D eigenvalue weighted by Gasteiger charge is -2.43. The lowest BCUT2D eigenvalue weighted by atomic mass is 9.70. The molecule has 8 heteroatoms. The summed E-state index contributed by atoms with van der Waals surface area (Å²) in [4.78, 5) is 42.0. The summed E-state index contributed by atoms with van der Waals surface area (Å²) in [6.07, 6.45) is 4.97. The van der Waals surface area contributed by atoms with Crippen LogP contribution >= 0.6 is 0 Å². The van der Waals surface area contributed by atoms with Crippen molar-refractivity contribution in [2.75, 3.05) is 12.4 Å². The molecule has 3 saturated heterocycles. The third-order valence-electron chi connectivity index (χ3n) is 7.59. The number of nitrogens with zero attached hydrogens (tertiary/aromatic N) is 1. The van der Waals surface area contributed by atoms with Crippen LogP contribution in [0.3, 0.4) is 0 Å². The number of nitrogens with one attached hydrogen (secondary N) is 1. The Balaban J connectivity index is 1.37. The van der Waals surface area contributed by atoms with Gasteiger partial charge in [0.25, 0.3) is 0 Å². The quantitative estimate of drug-likeness (QED) is 0.723. The Kier molecular flexibility index (Phi) is 4.32. The fourth-order valence-electron chi connectivity index (χ4n) is 6.19. The van der Waals surface area contributed by atoms with Crippen LogP contribution in [0.1, 0.15) is 25.1 Å². The number of benzene rings is 1. The highest BCUT2D eigenvalue weighted by atomic mass is 16.5. The molecule has 1 aromatic heterocycles. The molecule has 6 rings (SSSR count). The van der Waals surface area contributed by atoms with Crippen LogP contribution in [0, 0.1) is 17.8 Å². The van der Waals surface area contributed by atoms with Crippen molar-refractivity contribution in [3.8, 4) is 5.75 Å². The molecular weight excluding hydrogens is 424 g/mol. The van der Waals surface area contributed by atoms with E-state index in [1.165, 1.54) is 0 Å². The molecule has 33 heavy (non-hydrogen) atoms. The van der Waals surface area contributed by atoms with Gasteiger partial charge in [0.05, 0.1) is 43.4 Å². The maximum Gasteiger partial charge on any atom is 0.231 e. The van der Waals surface area contributed by atoms with Gasteiger partial charge in [-0.15, -0.1) is 0 Å². The van der Waals surface area contributed by atoms with Crippen molar-refractivity contribution in [1.82, 2.24) is 4.90 Å². The van der Waals surface area contributed by atoms with E-state index in [0.29, 0.717) is 17.2 Å². The highest BCUT2D eigenvalue weighted by Gasteiger charge is 2.74. The summed E-state index contributed by atoms with van der Waals surface area (Å²) in [6.45, 7) is 1.84. The third-order valence-corrected chi connectivity index (χ3v) is 7.59. The van der Waals surface area contributed by atoms with Gasteiger partial charge >= 0.3 is 0 Å². The molecule has 7 atom stereocenters. The van der Waals surface area contributed by atoms with Crippen molar-refractivity contribution in [3.63, 3.8) is 0 Å². The van der Waals surface area contributed by atoms with Gasteiger partial charge in [-0.25, -0.2) is 0 Å². The highest BCUT2D eigenvalue weighted by Crippen LogP contribution is 2.60. The molecule has 2 bridgehead atoms. The summed E-state index contributed by atoms with van der Waals surface area (Å²) < 4.78 is 17.2. The Labute approximate surface area is 190 Å². The SMILES string of the molecule is COc1cccc(NC(=O)[C@@H]2[C@H]3C(=O)N4[C@@H](c5ccco5)CC(=O)[C@H](C)[C@@H]4[C@]34C=C[C@H]2O4)c1. The highest BCUT2D eigenvalue weighted by molar-refractivity contribution is 6.00. The summed E-state index contributed by atoms with van der Waals surface area (Å²) >= 11 is 0. The molecule has 1 aromatic carbocycles. The summed E-state index contributed by atoms with van der Waals surface area (Å²) in [5, 5.41) is 2.92. The Bertz CT molecular complexity index is 1170. The van der Waals surface area contributed by atoms with E-state index >= 15 is 0 Å². The number of piperidine rings is 1. The number of anilines is 1. The van der Waals surface area contributed by atoms with E-state index in [-0.39, 0.29) is 24.0 Å². The number of carbonyl (C=O) groups excluding carboxylic acids is 3. The van der Waals surface area contributed by atoms with E-state index in [0.717, 1.165) is 0 Å². The molecule has 2 amide bonds. The normalized spacial score (nSPS) is 36.1. The molecular formula is C25H24N2O6. The molecule has 8 nitrogen and oxygen atoms in total. The zero-order valence-corrected chi connectivity index (χ0v) is 18.3. The predicted octanol–water partition coefficient (Wildman–Crippen LogP) is 2.73. The zero-order chi connectivity index (χ0) is 22.9. The van der Waals surface area contributed by atoms with Crippen LogP contribution in [-0.2, 0) is 19.1 Å². The Morgan fingerprint density at radius 1 is 1.24 bits per heavy atom. The first-order chi connectivity index (χ1) is 15.9. The van der Waals surface area contributed by atoms with Crippen LogP contribution in [0.2, 0.25) is 0 Å². The molecule has 4 aliphatic rings. The summed E-state index contributed by atoms with van der Waals surface area (Å²) in [7, 11) is 1.56. The average molecular weight is 448 g/mol. The maximum absolute atomic E-state index is 13.9. The zero-order valence-electron chi connectivity index (χ0n) is 18.3. The minimum atomic E-state index is -1.00. The number of amides is 2. The second-order valence-electron chi connectivity index (χ2n) is 9.20. The number of Topliss-reactive ketones (excluding diaryl/α,β-unsaturated/α-hetero) is 1. The van der Waals surface area contributed by atoms with Crippen LogP contribution in [0.25, 0.3) is 0 Å². The number of methoxy groups -OCH3 is 1. The molecule has 3 fully saturated rings. The van der Waals surface area contributed by atoms with Gasteiger partial charge < -0.3 is 24.1 Å². The van der Waals surface area contributed by atoms with E-state index in [1.807, 2.05) is 19.1 Å². The van der Waals surface area contributed by atoms with Gasteiger partial charge in [0.2, 0.25) is 11.8 Å². The fourth-order valence-corrected chi connectivity index (χ4v) is 6.19. The Hall–Kier alpha value is -3.39. The molecule has 5 heterocycles. The van der Waals surface area contributed by atoms with Crippen LogP contribution in [0.15, 0.2) is 59.2 Å². The van der Waals surface area contributed by atoms with E-state index in [4.69, 9.17) is 13.9 Å². The number of fused-ring (bicyclic) bond motifs is 2. The molecule has 2 aromatic rings. The number of carbonyl (C=O) groups is 3. The van der Waals surface area contributed by atoms with Gasteiger partial charge in [0.1, 0.15) is 22.9 Å². The van der Waals surface area contributed by atoms with Gasteiger partial charge in [0, 0.05) is 24.1 Å². The number of ether oxygens (including phenoxy) is 2. The summed E-state index contributed by atoms with van der Waals surface area (Å²) in [5.74, 6) is -1.01. The number of hydrogen-bond acceptors (Lipinski definition) is 6. The van der Waals surface area contributed by atoms with Gasteiger partial charge in [0.15, 0.2) is 0 Å². The minimum Gasteiger partial charge on any atom is -0.497 e. The predicted molar refractivity (Wildman–Crippen MR) is 116 cm³/mol. The second-order valence-corrected chi connectivity index (χ2v) is 9.20. The molecule has 0 aliphatic carbocycles. The van der Waals surface area contributed by atoms with Gasteiger partial charge in [-0.05, 0) is 24.3 Å². The average Bonchev–Trinajstić information content (AvgIpc) is 3.58. The summed E-state index contributed by atoms with van der Waals surface area (Å²) in [5.41, 5.74) is -0.418. The first kappa shape index (κ1) is 20.2. The van der Waals surface area contributed by atoms with Gasteiger partial charge in [-0.2, -0.15) is 0 Å². The van der Waals surface area contributed by atoms with E-state index < -0.39 is 41.5 Å². The number of furan rings is 1. The molecule has 4 aliphatic heterocycles. The molecule has 0 radical (unpaired) electrons. The van der Waals surface area contributed by atoms with Crippen molar-refractivity contribution in [1.29, 1.82) is 0 Å². The third kappa shape index (κ3) is 2.70. The molecule has 0 unspecified atom stereocenters. The van der Waals surface area contributed by atoms with E-state index in [2.05, 4.69) is 5.32 Å². The second kappa shape index (κ2) is 7.05. The van der Waals surface area contributed by atoms with Crippen LogP contribution < -0.4 is 10.1 Å². The van der Waals surface area contributed by atoms with E-state index in [1.54, 1.807) is 54.7 Å². The van der Waals surface area contributed by atoms with Crippen molar-refractivity contribution in [3.05, 3.63) is 60.6 Å². The minimum absolute atomic E-state index is 0.0604. The van der Waals surface area contributed by atoms with E-state index in [9.17, 15) is 14.4 Å². The van der Waals surface area contributed by atoms with Crippen molar-refractivity contribution < 1.29 is 28.3 Å². The monoisotopic (exact) mass is 448 g/mol. The Morgan fingerprint density at radius 3 is 2.85 bits per heavy atom. The smallest absolute Gasteiger partial charge is 0.231 e. The molecule has 0 saturated carbocycles. The fraction of sp³-hybridized carbons (Fsp3) is 0.400. The topological polar surface area (TPSA) is 98.1 Å². The summed E-state index contributed by atoms with van der Waals surface area (Å²) in [6, 6.07) is 9.62. The number of ketones is 1. The maximum atomic E-state index is 13.9. The standard InChI is InChI=1S/C25H24N2O6/c1-13-17(28)12-16(18-7-4-10-32-18)27-22(13)25-9-8-19(33-25)20(21(25)24(27)30)23(29)26-14-5-3-6-15(11-14)31-2/h3-11,13,16,19-22H,12H2,1-2H3,(H,26,29)/t13-,16+,19+,20-,21-,22+,25-/m0/s1.